The second kappa shape index (κ2) is 14.5. The number of guanidine groups is 1. The van der Waals surface area contributed by atoms with E-state index in [-0.39, 0.29) is 24.0 Å². The van der Waals surface area contributed by atoms with Crippen LogP contribution in [0.4, 0.5) is 0 Å². The Morgan fingerprint density at radius 2 is 1.82 bits per heavy atom. The van der Waals surface area contributed by atoms with Crippen LogP contribution in [0.25, 0.3) is 0 Å². The van der Waals surface area contributed by atoms with Crippen molar-refractivity contribution in [3.63, 3.8) is 0 Å². The van der Waals surface area contributed by atoms with Gasteiger partial charge in [0.25, 0.3) is 0 Å². The third-order valence-electron chi connectivity index (χ3n) is 4.19. The Bertz CT molecular complexity index is 278. The largest absolute Gasteiger partial charge is 0.357 e. The predicted octanol–water partition coefficient (Wildman–Crippen LogP) is 3.61. The lowest BCUT2D eigenvalue weighted by atomic mass is 10.1. The first-order valence-electron chi connectivity index (χ1n) is 9.03. The van der Waals surface area contributed by atoms with Crippen molar-refractivity contribution in [1.82, 2.24) is 15.5 Å². The topological polar surface area (TPSA) is 39.7 Å². The van der Waals surface area contributed by atoms with Crippen LogP contribution in [0.1, 0.15) is 65.7 Å². The van der Waals surface area contributed by atoms with Crippen LogP contribution in [-0.4, -0.2) is 49.6 Å². The first-order valence-corrected chi connectivity index (χ1v) is 9.03. The van der Waals surface area contributed by atoms with Gasteiger partial charge in [0.05, 0.1) is 0 Å². The highest BCUT2D eigenvalue weighted by Crippen LogP contribution is 2.09. The molecular weight excluding hydrogens is 387 g/mol. The van der Waals surface area contributed by atoms with E-state index in [1.54, 1.807) is 0 Å². The van der Waals surface area contributed by atoms with Crippen molar-refractivity contribution in [2.75, 3.05) is 32.7 Å². The molecule has 0 spiro atoms. The number of nitrogens with zero attached hydrogens (tertiary/aromatic N) is 2. The Morgan fingerprint density at radius 1 is 1.09 bits per heavy atom. The Kier molecular flexibility index (Phi) is 14.5. The highest BCUT2D eigenvalue weighted by atomic mass is 127. The van der Waals surface area contributed by atoms with Gasteiger partial charge < -0.3 is 15.5 Å². The Morgan fingerprint density at radius 3 is 2.45 bits per heavy atom. The third kappa shape index (κ3) is 10.6. The van der Waals surface area contributed by atoms with Crippen molar-refractivity contribution in [1.29, 1.82) is 0 Å². The second-order valence-corrected chi connectivity index (χ2v) is 6.18. The molecule has 0 aromatic carbocycles. The first kappa shape index (κ1) is 22.0. The van der Waals surface area contributed by atoms with Gasteiger partial charge in [-0.2, -0.15) is 0 Å². The zero-order chi connectivity index (χ0) is 15.3. The van der Waals surface area contributed by atoms with Gasteiger partial charge in [0, 0.05) is 19.1 Å². The Balaban J connectivity index is 0.00000441. The van der Waals surface area contributed by atoms with Gasteiger partial charge in [-0.25, -0.2) is 0 Å². The first-order chi connectivity index (χ1) is 10.3. The molecule has 2 N–H and O–H groups in total. The molecule has 1 aliphatic heterocycles. The molecule has 0 aromatic rings. The minimum Gasteiger partial charge on any atom is -0.357 e. The van der Waals surface area contributed by atoms with E-state index in [4.69, 9.17) is 0 Å². The summed E-state index contributed by atoms with van der Waals surface area (Å²) in [6.45, 7) is 12.3. The summed E-state index contributed by atoms with van der Waals surface area (Å²) in [6.07, 6.45) is 9.18. The molecule has 0 radical (unpaired) electrons. The molecule has 1 atom stereocenters. The molecule has 4 nitrogen and oxygen atoms in total. The number of nitrogens with one attached hydrogen (secondary N) is 2. The van der Waals surface area contributed by atoms with Crippen LogP contribution in [0.2, 0.25) is 0 Å². The van der Waals surface area contributed by atoms with E-state index in [2.05, 4.69) is 41.3 Å². The fourth-order valence-electron chi connectivity index (χ4n) is 2.65. The summed E-state index contributed by atoms with van der Waals surface area (Å²) in [6, 6.07) is 0.488. The van der Waals surface area contributed by atoms with Crippen LogP contribution in [0, 0.1) is 0 Å². The lowest BCUT2D eigenvalue weighted by Crippen LogP contribution is -2.42. The summed E-state index contributed by atoms with van der Waals surface area (Å²) in [5.41, 5.74) is 0. The fraction of sp³-hybridized carbons (Fsp3) is 0.941. The summed E-state index contributed by atoms with van der Waals surface area (Å²) in [5, 5.41) is 6.76. The number of hydrogen-bond acceptors (Lipinski definition) is 2. The van der Waals surface area contributed by atoms with Crippen LogP contribution in [0.15, 0.2) is 4.99 Å². The number of likely N-dealkylation sites (tertiary alicyclic amines) is 1. The SMILES string of the molecule is CCNC(=NCCCCCN1CCCCC1)NC(C)CC.I. The molecule has 22 heavy (non-hydrogen) atoms. The molecule has 1 aliphatic rings. The normalized spacial score (nSPS) is 17.7. The van der Waals surface area contributed by atoms with Crippen LogP contribution in [-0.2, 0) is 0 Å². The number of unbranched alkanes of at least 4 members (excludes halogenated alkanes) is 2. The third-order valence-corrected chi connectivity index (χ3v) is 4.19. The van der Waals surface area contributed by atoms with Crippen LogP contribution >= 0.6 is 24.0 Å². The maximum absolute atomic E-state index is 4.67. The minimum atomic E-state index is 0. The Labute approximate surface area is 154 Å². The van der Waals surface area contributed by atoms with Crippen molar-refractivity contribution in [2.45, 2.75) is 71.8 Å². The zero-order valence-electron chi connectivity index (χ0n) is 14.9. The summed E-state index contributed by atoms with van der Waals surface area (Å²) in [5.74, 6) is 0.975. The quantitative estimate of drug-likeness (QED) is 0.257. The molecule has 0 amide bonds. The van der Waals surface area contributed by atoms with E-state index in [0.29, 0.717) is 6.04 Å². The van der Waals surface area contributed by atoms with Crippen LogP contribution in [0.5, 0.6) is 0 Å². The van der Waals surface area contributed by atoms with Gasteiger partial charge in [0.1, 0.15) is 0 Å². The van der Waals surface area contributed by atoms with Gasteiger partial charge >= 0.3 is 0 Å². The Hall–Kier alpha value is -0.0400. The van der Waals surface area contributed by atoms with Crippen molar-refractivity contribution < 1.29 is 0 Å². The number of aliphatic imine (C=N–C) groups is 1. The van der Waals surface area contributed by atoms with Gasteiger partial charge in [-0.1, -0.05) is 19.8 Å². The molecule has 0 saturated carbocycles. The zero-order valence-corrected chi connectivity index (χ0v) is 17.2. The molecule has 1 saturated heterocycles. The molecule has 0 bridgehead atoms. The summed E-state index contributed by atoms with van der Waals surface area (Å²) in [7, 11) is 0. The lowest BCUT2D eigenvalue weighted by Gasteiger charge is -2.26. The monoisotopic (exact) mass is 424 g/mol. The van der Waals surface area contributed by atoms with Crippen molar-refractivity contribution >= 4 is 29.9 Å². The van der Waals surface area contributed by atoms with E-state index in [9.17, 15) is 0 Å². The van der Waals surface area contributed by atoms with Gasteiger partial charge in [0.2, 0.25) is 0 Å². The van der Waals surface area contributed by atoms with Gasteiger partial charge in [0.15, 0.2) is 5.96 Å². The average molecular weight is 424 g/mol. The summed E-state index contributed by atoms with van der Waals surface area (Å²) < 4.78 is 0. The van der Waals surface area contributed by atoms with Gasteiger partial charge in [-0.05, 0) is 65.6 Å². The smallest absolute Gasteiger partial charge is 0.191 e. The van der Waals surface area contributed by atoms with Crippen molar-refractivity contribution in [2.24, 2.45) is 4.99 Å². The number of halogens is 1. The fourth-order valence-corrected chi connectivity index (χ4v) is 2.65. The van der Waals surface area contributed by atoms with E-state index >= 15 is 0 Å². The molecule has 5 heteroatoms. The lowest BCUT2D eigenvalue weighted by molar-refractivity contribution is 0.224. The number of hydrogen-bond donors (Lipinski definition) is 2. The molecule has 0 aromatic heterocycles. The number of rotatable bonds is 9. The van der Waals surface area contributed by atoms with E-state index in [0.717, 1.165) is 25.5 Å². The van der Waals surface area contributed by atoms with Crippen molar-refractivity contribution in [3.05, 3.63) is 0 Å². The summed E-state index contributed by atoms with van der Waals surface area (Å²) in [4.78, 5) is 7.29. The van der Waals surface area contributed by atoms with Gasteiger partial charge in [-0.3, -0.25) is 4.99 Å². The van der Waals surface area contributed by atoms with Gasteiger partial charge in [-0.15, -0.1) is 24.0 Å². The van der Waals surface area contributed by atoms with Crippen LogP contribution in [0.3, 0.4) is 0 Å². The second-order valence-electron chi connectivity index (χ2n) is 6.18. The highest BCUT2D eigenvalue weighted by molar-refractivity contribution is 14.0. The molecule has 1 heterocycles. The molecule has 1 rings (SSSR count). The molecule has 1 unspecified atom stereocenters. The van der Waals surface area contributed by atoms with E-state index < -0.39 is 0 Å². The van der Waals surface area contributed by atoms with E-state index in [1.165, 1.54) is 58.2 Å². The molecule has 0 aliphatic carbocycles. The average Bonchev–Trinajstić information content (AvgIpc) is 2.51. The van der Waals surface area contributed by atoms with E-state index in [1.807, 2.05) is 0 Å². The molecule has 132 valence electrons. The summed E-state index contributed by atoms with van der Waals surface area (Å²) >= 11 is 0. The predicted molar refractivity (Wildman–Crippen MR) is 108 cm³/mol. The maximum Gasteiger partial charge on any atom is 0.191 e. The highest BCUT2D eigenvalue weighted by Gasteiger charge is 2.08. The molecular formula is C17H37IN4. The standard InChI is InChI=1S/C17H36N4.HI/c1-4-16(3)20-17(18-5-2)19-12-8-6-9-13-21-14-10-7-11-15-21;/h16H,4-15H2,1-3H3,(H2,18,19,20);1H. The minimum absolute atomic E-state index is 0. The molecule has 1 fully saturated rings. The maximum atomic E-state index is 4.67. The van der Waals surface area contributed by atoms with Crippen molar-refractivity contribution in [3.8, 4) is 0 Å². The van der Waals surface area contributed by atoms with Crippen LogP contribution < -0.4 is 10.6 Å². The number of piperidine rings is 1.